The van der Waals surface area contributed by atoms with Gasteiger partial charge in [0.05, 0.1) is 25.4 Å². The Balaban J connectivity index is 2.28. The van der Waals surface area contributed by atoms with Crippen LogP contribution >= 0.6 is 0 Å². The second-order valence-corrected chi connectivity index (χ2v) is 19.3. The molecule has 1 aliphatic rings. The summed E-state index contributed by atoms with van der Waals surface area (Å²) in [6, 6.07) is -0.833. The molecular weight excluding hydrogens is 875 g/mol. The molecule has 9 heteroatoms. The topological polar surface area (TPSA) is 149 Å². The maximum absolute atomic E-state index is 13.1. The first-order chi connectivity index (χ1) is 34.3. The van der Waals surface area contributed by atoms with Crippen LogP contribution in [0.3, 0.4) is 0 Å². The Morgan fingerprint density at radius 1 is 0.500 bits per heavy atom. The van der Waals surface area contributed by atoms with Crippen molar-refractivity contribution in [3.05, 3.63) is 97.2 Å². The maximum atomic E-state index is 13.1. The van der Waals surface area contributed by atoms with Gasteiger partial charge in [0.15, 0.2) is 6.29 Å². The van der Waals surface area contributed by atoms with Gasteiger partial charge in [-0.05, 0) is 83.5 Å². The van der Waals surface area contributed by atoms with E-state index in [1.54, 1.807) is 6.08 Å². The van der Waals surface area contributed by atoms with Crippen molar-refractivity contribution in [1.29, 1.82) is 0 Å². The summed E-state index contributed by atoms with van der Waals surface area (Å²) in [6.45, 7) is 3.65. The monoisotopic (exact) mass is 980 g/mol. The molecule has 402 valence electrons. The summed E-state index contributed by atoms with van der Waals surface area (Å²) in [5, 5.41) is 54.5. The average Bonchev–Trinajstić information content (AvgIpc) is 3.36. The van der Waals surface area contributed by atoms with Crippen molar-refractivity contribution in [3.8, 4) is 0 Å². The number of unbranched alkanes of at least 4 members (excludes halogenated alkanes) is 23. The number of rotatable bonds is 47. The lowest BCUT2D eigenvalue weighted by atomic mass is 9.99. The molecule has 1 aliphatic heterocycles. The van der Waals surface area contributed by atoms with Gasteiger partial charge in [-0.1, -0.05) is 233 Å². The minimum atomic E-state index is -1.58. The minimum absolute atomic E-state index is 0.198. The van der Waals surface area contributed by atoms with Crippen LogP contribution in [0.2, 0.25) is 0 Å². The molecule has 7 unspecified atom stereocenters. The van der Waals surface area contributed by atoms with E-state index in [1.807, 2.05) is 6.08 Å². The molecule has 0 bridgehead atoms. The van der Waals surface area contributed by atoms with Gasteiger partial charge >= 0.3 is 0 Å². The van der Waals surface area contributed by atoms with Crippen molar-refractivity contribution in [2.45, 2.75) is 269 Å². The fourth-order valence-corrected chi connectivity index (χ4v) is 8.41. The molecule has 1 amide bonds. The van der Waals surface area contributed by atoms with Crippen molar-refractivity contribution >= 4 is 5.91 Å². The summed E-state index contributed by atoms with van der Waals surface area (Å²) in [7, 11) is 0. The van der Waals surface area contributed by atoms with Crippen LogP contribution < -0.4 is 5.32 Å². The molecular formula is C61H105NO8. The number of hydrogen-bond donors (Lipinski definition) is 6. The van der Waals surface area contributed by atoms with Gasteiger partial charge in [-0.25, -0.2) is 0 Å². The summed E-state index contributed by atoms with van der Waals surface area (Å²) in [6.07, 6.45) is 64.6. The van der Waals surface area contributed by atoms with Crippen LogP contribution in [0.1, 0.15) is 226 Å². The van der Waals surface area contributed by atoms with Gasteiger partial charge in [-0.15, -0.1) is 0 Å². The first kappa shape index (κ1) is 65.1. The second kappa shape index (κ2) is 49.7. The highest BCUT2D eigenvalue weighted by Crippen LogP contribution is 2.23. The lowest BCUT2D eigenvalue weighted by Crippen LogP contribution is -2.60. The largest absolute Gasteiger partial charge is 0.394 e. The van der Waals surface area contributed by atoms with Crippen molar-refractivity contribution in [2.24, 2.45) is 0 Å². The third-order valence-corrected chi connectivity index (χ3v) is 12.9. The van der Waals surface area contributed by atoms with E-state index in [0.29, 0.717) is 6.42 Å². The Labute approximate surface area is 428 Å². The maximum Gasteiger partial charge on any atom is 0.220 e. The quantitative estimate of drug-likeness (QED) is 0.0261. The van der Waals surface area contributed by atoms with Gasteiger partial charge in [0.1, 0.15) is 24.4 Å². The lowest BCUT2D eigenvalue weighted by Gasteiger charge is -2.40. The lowest BCUT2D eigenvalue weighted by molar-refractivity contribution is -0.302. The minimum Gasteiger partial charge on any atom is -0.394 e. The summed E-state index contributed by atoms with van der Waals surface area (Å²) >= 11 is 0. The van der Waals surface area contributed by atoms with E-state index >= 15 is 0 Å². The molecule has 1 saturated heterocycles. The number of carbonyl (C=O) groups excluding carboxylic acids is 1. The number of aliphatic hydroxyl groups excluding tert-OH is 5. The van der Waals surface area contributed by atoms with E-state index in [9.17, 15) is 30.3 Å². The highest BCUT2D eigenvalue weighted by molar-refractivity contribution is 5.76. The third kappa shape index (κ3) is 38.7. The highest BCUT2D eigenvalue weighted by atomic mass is 16.7. The predicted octanol–water partition coefficient (Wildman–Crippen LogP) is 14.0. The van der Waals surface area contributed by atoms with Crippen molar-refractivity contribution in [1.82, 2.24) is 5.32 Å². The van der Waals surface area contributed by atoms with Gasteiger partial charge < -0.3 is 40.3 Å². The number of allylic oxidation sites excluding steroid dienone is 15. The fraction of sp³-hybridized carbons (Fsp3) is 0.721. The van der Waals surface area contributed by atoms with Gasteiger partial charge in [0.25, 0.3) is 0 Å². The molecule has 0 saturated carbocycles. The van der Waals surface area contributed by atoms with E-state index in [1.165, 1.54) is 116 Å². The van der Waals surface area contributed by atoms with Crippen LogP contribution in [0.5, 0.6) is 0 Å². The molecule has 7 atom stereocenters. The first-order valence-electron chi connectivity index (χ1n) is 28.5. The normalized spacial score (nSPS) is 20.1. The van der Waals surface area contributed by atoms with Gasteiger partial charge in [-0.2, -0.15) is 0 Å². The van der Waals surface area contributed by atoms with Crippen LogP contribution in [0, 0.1) is 0 Å². The molecule has 0 aliphatic carbocycles. The predicted molar refractivity (Wildman–Crippen MR) is 294 cm³/mol. The molecule has 0 spiro atoms. The molecule has 6 N–H and O–H groups in total. The molecule has 1 fully saturated rings. The van der Waals surface area contributed by atoms with Crippen LogP contribution in [0.25, 0.3) is 0 Å². The Bertz CT molecular complexity index is 1420. The Hall–Kier alpha value is -2.89. The Morgan fingerprint density at radius 3 is 1.37 bits per heavy atom. The molecule has 0 aromatic carbocycles. The van der Waals surface area contributed by atoms with Gasteiger partial charge in [0.2, 0.25) is 5.91 Å². The van der Waals surface area contributed by atoms with E-state index < -0.39 is 49.5 Å². The number of nitrogens with one attached hydrogen (secondary N) is 1. The Kier molecular flexibility index (Phi) is 46.2. The smallest absolute Gasteiger partial charge is 0.220 e. The van der Waals surface area contributed by atoms with E-state index in [2.05, 4.69) is 104 Å². The molecule has 0 radical (unpaired) electrons. The summed E-state index contributed by atoms with van der Waals surface area (Å²) < 4.78 is 11.2. The first-order valence-corrected chi connectivity index (χ1v) is 28.5. The molecule has 0 aromatic heterocycles. The fourth-order valence-electron chi connectivity index (χ4n) is 8.41. The van der Waals surface area contributed by atoms with Crippen LogP contribution in [0.15, 0.2) is 97.2 Å². The van der Waals surface area contributed by atoms with E-state index in [4.69, 9.17) is 9.47 Å². The standard InChI is InChI=1S/C61H105NO8/c1-3-5-7-9-11-13-15-17-19-21-23-25-26-27-28-29-30-31-33-35-37-39-41-43-45-47-49-51-57(65)62-54(53-69-61-60(68)59(67)58(66)56(52-63)70-61)55(64)50-48-46-44-42-40-38-36-34-32-24-22-20-18-16-14-12-10-8-6-4-2/h5,7,11,13,17,19,23,25,27-28,30-31,40,42,48,50,54-56,58-61,63-64,66-68H,3-4,6,8-10,12,14-16,18,20-22,24,26,29,32-39,41,43-47,49,51-53H2,1-2H3,(H,62,65)/b7-5-,13-11-,19-17-,25-23-,28-27-,31-30-,42-40+,50-48+. The average molecular weight is 981 g/mol. The summed E-state index contributed by atoms with van der Waals surface area (Å²) in [5.74, 6) is -0.198. The highest BCUT2D eigenvalue weighted by Gasteiger charge is 2.44. The van der Waals surface area contributed by atoms with Gasteiger partial charge in [0, 0.05) is 6.42 Å². The molecule has 9 nitrogen and oxygen atoms in total. The second-order valence-electron chi connectivity index (χ2n) is 19.3. The van der Waals surface area contributed by atoms with Gasteiger partial charge in [-0.3, -0.25) is 4.79 Å². The number of carbonyl (C=O) groups is 1. The molecule has 70 heavy (non-hydrogen) atoms. The van der Waals surface area contributed by atoms with Crippen molar-refractivity contribution in [3.63, 3.8) is 0 Å². The zero-order valence-corrected chi connectivity index (χ0v) is 44.5. The molecule has 1 rings (SSSR count). The SMILES string of the molecule is CC/C=C\C/C=C\C/C=C\C/C=C\C/C=C\C/C=C\CCCCCCCCCCC(=O)NC(COC1OC(CO)C(O)C(O)C1O)C(O)/C=C/CC/C=C/CCCCCCCCCCCCCCCC. The van der Waals surface area contributed by atoms with Crippen LogP contribution in [-0.2, 0) is 14.3 Å². The van der Waals surface area contributed by atoms with Crippen molar-refractivity contribution in [2.75, 3.05) is 13.2 Å². The number of hydrogen-bond acceptors (Lipinski definition) is 8. The number of ether oxygens (including phenoxy) is 2. The summed E-state index contributed by atoms with van der Waals surface area (Å²) in [5.41, 5.74) is 0. The third-order valence-electron chi connectivity index (χ3n) is 12.9. The summed E-state index contributed by atoms with van der Waals surface area (Å²) in [4.78, 5) is 13.1. The zero-order chi connectivity index (χ0) is 50.8. The zero-order valence-electron chi connectivity index (χ0n) is 44.5. The Morgan fingerprint density at radius 2 is 0.900 bits per heavy atom. The van der Waals surface area contributed by atoms with Crippen LogP contribution in [-0.4, -0.2) is 87.5 Å². The number of aliphatic hydroxyl groups is 5. The van der Waals surface area contributed by atoms with Crippen molar-refractivity contribution < 1.29 is 39.8 Å². The molecule has 0 aromatic rings. The van der Waals surface area contributed by atoms with E-state index in [0.717, 1.165) is 89.9 Å². The number of amides is 1. The molecule has 1 heterocycles. The van der Waals surface area contributed by atoms with E-state index in [-0.39, 0.29) is 12.5 Å². The van der Waals surface area contributed by atoms with Crippen LogP contribution in [0.4, 0.5) is 0 Å².